The van der Waals surface area contributed by atoms with Gasteiger partial charge in [-0.2, -0.15) is 0 Å². The Morgan fingerprint density at radius 2 is 1.44 bits per heavy atom. The third-order valence-electron chi connectivity index (χ3n) is 3.18. The zero-order chi connectivity index (χ0) is 12.5. The van der Waals surface area contributed by atoms with E-state index in [1.165, 1.54) is 31.5 Å². The van der Waals surface area contributed by atoms with Crippen LogP contribution in [0.25, 0.3) is 0 Å². The van der Waals surface area contributed by atoms with E-state index in [4.69, 9.17) is 0 Å². The van der Waals surface area contributed by atoms with E-state index >= 15 is 0 Å². The van der Waals surface area contributed by atoms with Crippen molar-refractivity contribution in [2.75, 3.05) is 13.1 Å². The van der Waals surface area contributed by atoms with Gasteiger partial charge in [0, 0.05) is 12.4 Å². The number of rotatable bonds is 1. The van der Waals surface area contributed by atoms with Crippen LogP contribution in [0.15, 0.2) is 60.9 Å². The maximum absolute atomic E-state index is 3.78. The normalized spacial score (nSPS) is 15.6. The van der Waals surface area contributed by atoms with Gasteiger partial charge < -0.3 is 5.32 Å². The molecule has 1 fully saturated rings. The summed E-state index contributed by atoms with van der Waals surface area (Å²) >= 11 is 0. The Hall–Kier alpha value is -1.67. The molecule has 0 radical (unpaired) electrons. The molecule has 0 amide bonds. The van der Waals surface area contributed by atoms with Crippen molar-refractivity contribution in [2.45, 2.75) is 18.8 Å². The van der Waals surface area contributed by atoms with Crippen LogP contribution in [0.5, 0.6) is 0 Å². The minimum absolute atomic E-state index is 0.799. The van der Waals surface area contributed by atoms with Crippen molar-refractivity contribution in [3.8, 4) is 0 Å². The molecule has 1 aromatic carbocycles. The number of benzene rings is 1. The molecule has 1 aromatic heterocycles. The van der Waals surface area contributed by atoms with Crippen LogP contribution in [0.2, 0.25) is 0 Å². The Labute approximate surface area is 109 Å². The van der Waals surface area contributed by atoms with Gasteiger partial charge in [0.2, 0.25) is 0 Å². The summed E-state index contributed by atoms with van der Waals surface area (Å²) in [7, 11) is 0. The van der Waals surface area contributed by atoms with Crippen LogP contribution in [0.4, 0.5) is 0 Å². The van der Waals surface area contributed by atoms with Crippen molar-refractivity contribution in [1.82, 2.24) is 10.3 Å². The van der Waals surface area contributed by atoms with Crippen molar-refractivity contribution >= 4 is 0 Å². The maximum Gasteiger partial charge on any atom is 0.0267 e. The molecule has 2 nitrogen and oxygen atoms in total. The zero-order valence-electron chi connectivity index (χ0n) is 10.6. The molecule has 3 rings (SSSR count). The van der Waals surface area contributed by atoms with Gasteiger partial charge in [0.25, 0.3) is 0 Å². The largest absolute Gasteiger partial charge is 0.317 e. The van der Waals surface area contributed by atoms with Crippen molar-refractivity contribution < 1.29 is 0 Å². The molecule has 2 heterocycles. The number of hydrogen-bond acceptors (Lipinski definition) is 2. The predicted octanol–water partition coefficient (Wildman–Crippen LogP) is 3.24. The van der Waals surface area contributed by atoms with Crippen molar-refractivity contribution in [1.29, 1.82) is 0 Å². The van der Waals surface area contributed by atoms with Gasteiger partial charge in [0.05, 0.1) is 0 Å². The SMILES string of the molecule is c1ccc(C2CCNCC2)cc1.c1ccncc1. The van der Waals surface area contributed by atoms with Crippen molar-refractivity contribution in [3.05, 3.63) is 66.5 Å². The predicted molar refractivity (Wildman–Crippen MR) is 75.5 cm³/mol. The summed E-state index contributed by atoms with van der Waals surface area (Å²) in [5, 5.41) is 3.38. The second kappa shape index (κ2) is 7.62. The topological polar surface area (TPSA) is 24.9 Å². The Balaban J connectivity index is 0.000000169. The molecule has 1 saturated heterocycles. The molecular formula is C16H20N2. The number of hydrogen-bond donors (Lipinski definition) is 1. The zero-order valence-corrected chi connectivity index (χ0v) is 10.6. The Kier molecular flexibility index (Phi) is 5.41. The molecule has 0 aliphatic carbocycles. The quantitative estimate of drug-likeness (QED) is 0.827. The van der Waals surface area contributed by atoms with Crippen LogP contribution < -0.4 is 5.32 Å². The highest BCUT2D eigenvalue weighted by molar-refractivity contribution is 5.19. The smallest absolute Gasteiger partial charge is 0.0267 e. The lowest BCUT2D eigenvalue weighted by atomic mass is 9.90. The molecule has 0 atom stereocenters. The first-order valence-electron chi connectivity index (χ1n) is 6.57. The summed E-state index contributed by atoms with van der Waals surface area (Å²) in [5.41, 5.74) is 1.51. The summed E-state index contributed by atoms with van der Waals surface area (Å²) in [6.45, 7) is 2.36. The molecule has 1 aliphatic rings. The van der Waals surface area contributed by atoms with Crippen molar-refractivity contribution in [2.24, 2.45) is 0 Å². The van der Waals surface area contributed by atoms with E-state index in [0.717, 1.165) is 5.92 Å². The monoisotopic (exact) mass is 240 g/mol. The van der Waals surface area contributed by atoms with E-state index in [1.807, 2.05) is 18.2 Å². The molecule has 18 heavy (non-hydrogen) atoms. The molecule has 94 valence electrons. The lowest BCUT2D eigenvalue weighted by molar-refractivity contribution is 0.460. The fourth-order valence-electron chi connectivity index (χ4n) is 2.19. The average molecular weight is 240 g/mol. The first kappa shape index (κ1) is 12.8. The van der Waals surface area contributed by atoms with Gasteiger partial charge in [-0.05, 0) is 49.5 Å². The van der Waals surface area contributed by atoms with E-state index in [1.54, 1.807) is 12.4 Å². The van der Waals surface area contributed by atoms with Crippen LogP contribution in [-0.4, -0.2) is 18.1 Å². The molecule has 1 N–H and O–H groups in total. The number of piperidine rings is 1. The van der Waals surface area contributed by atoms with Gasteiger partial charge in [-0.25, -0.2) is 0 Å². The third-order valence-corrected chi connectivity index (χ3v) is 3.18. The van der Waals surface area contributed by atoms with Gasteiger partial charge in [0.15, 0.2) is 0 Å². The van der Waals surface area contributed by atoms with Crippen LogP contribution >= 0.6 is 0 Å². The third kappa shape index (κ3) is 4.30. The van der Waals surface area contributed by atoms with E-state index in [2.05, 4.69) is 40.6 Å². The Morgan fingerprint density at radius 1 is 0.833 bits per heavy atom. The summed E-state index contributed by atoms with van der Waals surface area (Å²) in [6, 6.07) is 16.6. The Morgan fingerprint density at radius 3 is 1.94 bits per heavy atom. The van der Waals surface area contributed by atoms with E-state index in [0.29, 0.717) is 0 Å². The lowest BCUT2D eigenvalue weighted by Crippen LogP contribution is -2.26. The molecule has 2 aromatic rings. The molecule has 2 heteroatoms. The first-order chi connectivity index (χ1) is 8.97. The van der Waals surface area contributed by atoms with Crippen LogP contribution in [0, 0.1) is 0 Å². The number of nitrogens with zero attached hydrogens (tertiary/aromatic N) is 1. The average Bonchev–Trinajstić information content (AvgIpc) is 2.51. The number of nitrogens with one attached hydrogen (secondary N) is 1. The summed E-state index contributed by atoms with van der Waals surface area (Å²) in [4.78, 5) is 3.78. The molecule has 0 spiro atoms. The van der Waals surface area contributed by atoms with Crippen LogP contribution in [-0.2, 0) is 0 Å². The van der Waals surface area contributed by atoms with E-state index in [-0.39, 0.29) is 0 Å². The fraction of sp³-hybridized carbons (Fsp3) is 0.312. The first-order valence-corrected chi connectivity index (χ1v) is 6.57. The van der Waals surface area contributed by atoms with Gasteiger partial charge in [-0.1, -0.05) is 36.4 Å². The van der Waals surface area contributed by atoms with Gasteiger partial charge in [-0.15, -0.1) is 0 Å². The molecule has 0 unspecified atom stereocenters. The van der Waals surface area contributed by atoms with E-state index < -0.39 is 0 Å². The maximum atomic E-state index is 3.78. The second-order valence-corrected chi connectivity index (χ2v) is 4.46. The van der Waals surface area contributed by atoms with Crippen LogP contribution in [0.1, 0.15) is 24.3 Å². The molecule has 1 aliphatic heterocycles. The summed E-state index contributed by atoms with van der Waals surface area (Å²) < 4.78 is 0. The summed E-state index contributed by atoms with van der Waals surface area (Å²) in [6.07, 6.45) is 6.09. The summed E-state index contributed by atoms with van der Waals surface area (Å²) in [5.74, 6) is 0.799. The Bertz CT molecular complexity index is 381. The second-order valence-electron chi connectivity index (χ2n) is 4.46. The highest BCUT2D eigenvalue weighted by Gasteiger charge is 2.13. The standard InChI is InChI=1S/C11H15N.C5H5N/c1-2-4-10(5-3-1)11-6-8-12-9-7-11;1-2-4-6-5-3-1/h1-5,11-12H,6-9H2;1-5H. The molecule has 0 saturated carbocycles. The van der Waals surface area contributed by atoms with Gasteiger partial charge in [-0.3, -0.25) is 4.98 Å². The fourth-order valence-corrected chi connectivity index (χ4v) is 2.19. The molecule has 0 bridgehead atoms. The minimum atomic E-state index is 0.799. The van der Waals surface area contributed by atoms with Crippen LogP contribution in [0.3, 0.4) is 0 Å². The number of aromatic nitrogens is 1. The lowest BCUT2D eigenvalue weighted by Gasteiger charge is -2.22. The van der Waals surface area contributed by atoms with Gasteiger partial charge >= 0.3 is 0 Å². The highest BCUT2D eigenvalue weighted by atomic mass is 14.9. The molecular weight excluding hydrogens is 220 g/mol. The van der Waals surface area contributed by atoms with Gasteiger partial charge in [0.1, 0.15) is 0 Å². The number of pyridine rings is 1. The van der Waals surface area contributed by atoms with E-state index in [9.17, 15) is 0 Å². The minimum Gasteiger partial charge on any atom is -0.317 e. The highest BCUT2D eigenvalue weighted by Crippen LogP contribution is 2.24. The van der Waals surface area contributed by atoms with Crippen molar-refractivity contribution in [3.63, 3.8) is 0 Å².